The molecule has 2 N–H and O–H groups in total. The molecule has 0 saturated carbocycles. The Morgan fingerprint density at radius 3 is 2.61 bits per heavy atom. The molecule has 96 valence electrons. The average molecular weight is 247 g/mol. The van der Waals surface area contributed by atoms with E-state index in [1.807, 2.05) is 19.9 Å². The number of aromatic nitrogens is 6. The van der Waals surface area contributed by atoms with Crippen LogP contribution in [0.1, 0.15) is 49.9 Å². The third-order valence-electron chi connectivity index (χ3n) is 2.56. The molecule has 0 amide bonds. The molecule has 0 bridgehead atoms. The van der Waals surface area contributed by atoms with Crippen molar-refractivity contribution in [1.29, 1.82) is 0 Å². The summed E-state index contributed by atoms with van der Waals surface area (Å²) in [5.74, 6) is 1.55. The van der Waals surface area contributed by atoms with Crippen molar-refractivity contribution < 1.29 is 0 Å². The van der Waals surface area contributed by atoms with Gasteiger partial charge in [-0.15, -0.1) is 10.2 Å². The highest BCUT2D eigenvalue weighted by molar-refractivity contribution is 5.31. The van der Waals surface area contributed by atoms with E-state index in [0.717, 1.165) is 11.4 Å². The highest BCUT2D eigenvalue weighted by Gasteiger charge is 2.12. The van der Waals surface area contributed by atoms with Crippen LogP contribution >= 0.6 is 0 Å². The number of tetrazole rings is 1. The van der Waals surface area contributed by atoms with Crippen molar-refractivity contribution in [2.45, 2.75) is 39.7 Å². The van der Waals surface area contributed by atoms with Crippen LogP contribution in [0.25, 0.3) is 0 Å². The fraction of sp³-hybridized carbons (Fsp3) is 0.545. The second kappa shape index (κ2) is 5.07. The van der Waals surface area contributed by atoms with Crippen molar-refractivity contribution in [2.75, 3.05) is 5.32 Å². The third-order valence-corrected chi connectivity index (χ3v) is 2.56. The molecule has 0 spiro atoms. The minimum absolute atomic E-state index is 0.0921. The first-order valence-corrected chi connectivity index (χ1v) is 5.91. The van der Waals surface area contributed by atoms with Crippen LogP contribution in [0.15, 0.2) is 6.07 Å². The normalized spacial score (nSPS) is 12.7. The van der Waals surface area contributed by atoms with Crippen molar-refractivity contribution in [3.05, 3.63) is 23.3 Å². The van der Waals surface area contributed by atoms with E-state index in [4.69, 9.17) is 0 Å². The summed E-state index contributed by atoms with van der Waals surface area (Å²) in [4.78, 5) is 8.83. The van der Waals surface area contributed by atoms with Gasteiger partial charge in [-0.05, 0) is 25.8 Å². The van der Waals surface area contributed by atoms with Crippen molar-refractivity contribution in [2.24, 2.45) is 0 Å². The highest BCUT2D eigenvalue weighted by Crippen LogP contribution is 2.17. The minimum Gasteiger partial charge on any atom is -0.344 e. The lowest BCUT2D eigenvalue weighted by Gasteiger charge is -2.12. The van der Waals surface area contributed by atoms with Crippen molar-refractivity contribution >= 4 is 5.95 Å². The Hall–Kier alpha value is -2.05. The monoisotopic (exact) mass is 247 g/mol. The summed E-state index contributed by atoms with van der Waals surface area (Å²) >= 11 is 0. The molecule has 2 aromatic rings. The maximum absolute atomic E-state index is 4.47. The number of rotatable bonds is 4. The van der Waals surface area contributed by atoms with E-state index in [1.54, 1.807) is 0 Å². The minimum atomic E-state index is -0.0921. The maximum Gasteiger partial charge on any atom is 0.223 e. The van der Waals surface area contributed by atoms with E-state index in [0.29, 0.717) is 17.7 Å². The first-order chi connectivity index (χ1) is 8.56. The number of nitrogens with one attached hydrogen (secondary N) is 2. The van der Waals surface area contributed by atoms with Gasteiger partial charge in [-0.25, -0.2) is 9.97 Å². The van der Waals surface area contributed by atoms with Crippen molar-refractivity contribution in [3.8, 4) is 0 Å². The van der Waals surface area contributed by atoms with Gasteiger partial charge < -0.3 is 5.32 Å². The van der Waals surface area contributed by atoms with Gasteiger partial charge in [0.15, 0.2) is 5.82 Å². The van der Waals surface area contributed by atoms with Gasteiger partial charge in [-0.3, -0.25) is 0 Å². The second-order valence-electron chi connectivity index (χ2n) is 4.55. The van der Waals surface area contributed by atoms with E-state index in [2.05, 4.69) is 49.8 Å². The molecule has 0 aromatic carbocycles. The van der Waals surface area contributed by atoms with Gasteiger partial charge in [-0.1, -0.05) is 19.1 Å². The van der Waals surface area contributed by atoms with Crippen LogP contribution < -0.4 is 5.32 Å². The van der Waals surface area contributed by atoms with E-state index in [9.17, 15) is 0 Å². The summed E-state index contributed by atoms with van der Waals surface area (Å²) in [5.41, 5.74) is 1.96. The van der Waals surface area contributed by atoms with Crippen LogP contribution in [0.3, 0.4) is 0 Å². The van der Waals surface area contributed by atoms with Gasteiger partial charge in [-0.2, -0.15) is 5.21 Å². The van der Waals surface area contributed by atoms with Crippen LogP contribution in [0.4, 0.5) is 5.95 Å². The van der Waals surface area contributed by atoms with E-state index >= 15 is 0 Å². The molecule has 0 aliphatic carbocycles. The summed E-state index contributed by atoms with van der Waals surface area (Å²) in [6, 6.07) is 1.90. The summed E-state index contributed by atoms with van der Waals surface area (Å²) in [5, 5.41) is 17.0. The topological polar surface area (TPSA) is 92.3 Å². The lowest BCUT2D eigenvalue weighted by Crippen LogP contribution is -2.12. The molecule has 0 radical (unpaired) electrons. The molecule has 0 aliphatic heterocycles. The quantitative estimate of drug-likeness (QED) is 0.852. The number of hydrogen-bond donors (Lipinski definition) is 2. The van der Waals surface area contributed by atoms with Crippen molar-refractivity contribution in [1.82, 2.24) is 30.6 Å². The Balaban J connectivity index is 2.18. The fourth-order valence-corrected chi connectivity index (χ4v) is 1.56. The lowest BCUT2D eigenvalue weighted by molar-refractivity contribution is 0.762. The number of H-pyrrole nitrogens is 1. The Bertz CT molecular complexity index is 506. The summed E-state index contributed by atoms with van der Waals surface area (Å²) < 4.78 is 0. The Morgan fingerprint density at radius 2 is 2.00 bits per heavy atom. The van der Waals surface area contributed by atoms with Crippen LogP contribution in [0.5, 0.6) is 0 Å². The zero-order chi connectivity index (χ0) is 13.1. The molecule has 1 unspecified atom stereocenters. The maximum atomic E-state index is 4.47. The van der Waals surface area contributed by atoms with Crippen molar-refractivity contribution in [3.63, 3.8) is 0 Å². The zero-order valence-electron chi connectivity index (χ0n) is 11.0. The largest absolute Gasteiger partial charge is 0.344 e. The molecule has 7 heteroatoms. The van der Waals surface area contributed by atoms with Gasteiger partial charge in [0.1, 0.15) is 0 Å². The van der Waals surface area contributed by atoms with E-state index in [-0.39, 0.29) is 6.04 Å². The Kier molecular flexibility index (Phi) is 3.50. The molecule has 2 heterocycles. The Morgan fingerprint density at radius 1 is 1.22 bits per heavy atom. The Labute approximate surface area is 105 Å². The molecule has 0 aliphatic rings. The smallest absolute Gasteiger partial charge is 0.223 e. The number of aromatic amines is 1. The SMILES string of the molecule is Cc1cc(C(C)C)nc(NC(C)c2nn[nH]n2)n1. The van der Waals surface area contributed by atoms with Gasteiger partial charge in [0, 0.05) is 11.4 Å². The predicted molar refractivity (Wildman–Crippen MR) is 67.1 cm³/mol. The third kappa shape index (κ3) is 2.79. The first-order valence-electron chi connectivity index (χ1n) is 5.91. The predicted octanol–water partition coefficient (Wildman–Crippen LogP) is 1.59. The van der Waals surface area contributed by atoms with Crippen LogP contribution in [0, 0.1) is 6.92 Å². The van der Waals surface area contributed by atoms with Gasteiger partial charge in [0.05, 0.1) is 6.04 Å². The highest BCUT2D eigenvalue weighted by atomic mass is 15.5. The molecule has 0 saturated heterocycles. The van der Waals surface area contributed by atoms with Crippen LogP contribution in [-0.2, 0) is 0 Å². The van der Waals surface area contributed by atoms with E-state index in [1.165, 1.54) is 0 Å². The van der Waals surface area contributed by atoms with Gasteiger partial charge in [0.2, 0.25) is 5.95 Å². The summed E-state index contributed by atoms with van der Waals surface area (Å²) in [6.45, 7) is 8.10. The first kappa shape index (κ1) is 12.4. The molecular formula is C11H17N7. The molecular weight excluding hydrogens is 230 g/mol. The summed E-state index contributed by atoms with van der Waals surface area (Å²) in [6.07, 6.45) is 0. The molecule has 18 heavy (non-hydrogen) atoms. The standard InChI is InChI=1S/C11H17N7/c1-6(2)9-5-7(3)12-11(14-9)13-8(4)10-15-17-18-16-10/h5-6,8H,1-4H3,(H,12,13,14)(H,15,16,17,18). The molecule has 7 nitrogen and oxygen atoms in total. The molecule has 2 aromatic heterocycles. The zero-order valence-corrected chi connectivity index (χ0v) is 11.0. The number of nitrogens with zero attached hydrogens (tertiary/aromatic N) is 5. The van der Waals surface area contributed by atoms with Crippen LogP contribution in [-0.4, -0.2) is 30.6 Å². The van der Waals surface area contributed by atoms with E-state index < -0.39 is 0 Å². The number of anilines is 1. The second-order valence-corrected chi connectivity index (χ2v) is 4.55. The summed E-state index contributed by atoms with van der Waals surface area (Å²) in [7, 11) is 0. The van der Waals surface area contributed by atoms with Gasteiger partial charge >= 0.3 is 0 Å². The van der Waals surface area contributed by atoms with Crippen LogP contribution in [0.2, 0.25) is 0 Å². The average Bonchev–Trinajstić information content (AvgIpc) is 2.81. The number of aryl methyl sites for hydroxylation is 1. The fourth-order valence-electron chi connectivity index (χ4n) is 1.56. The molecule has 1 atom stereocenters. The molecule has 0 fully saturated rings. The lowest BCUT2D eigenvalue weighted by atomic mass is 10.1. The van der Waals surface area contributed by atoms with Gasteiger partial charge in [0.25, 0.3) is 0 Å². The number of hydrogen-bond acceptors (Lipinski definition) is 6. The molecule has 2 rings (SSSR count).